The summed E-state index contributed by atoms with van der Waals surface area (Å²) in [5.74, 6) is 0.935. The summed E-state index contributed by atoms with van der Waals surface area (Å²) < 4.78 is 6.11. The topological polar surface area (TPSA) is 103 Å². The summed E-state index contributed by atoms with van der Waals surface area (Å²) in [5, 5.41) is 13.6. The van der Waals surface area contributed by atoms with Gasteiger partial charge in [-0.3, -0.25) is 9.78 Å². The van der Waals surface area contributed by atoms with E-state index in [1.54, 1.807) is 18.3 Å². The van der Waals surface area contributed by atoms with Crippen LogP contribution in [0.5, 0.6) is 5.75 Å². The van der Waals surface area contributed by atoms with Gasteiger partial charge in [-0.25, -0.2) is 10.4 Å². The Balaban J connectivity index is 1.56. The van der Waals surface area contributed by atoms with Gasteiger partial charge in [-0.2, -0.15) is 10.4 Å². The van der Waals surface area contributed by atoms with Gasteiger partial charge in [-0.15, -0.1) is 0 Å². The quantitative estimate of drug-likeness (QED) is 0.480. The zero-order valence-corrected chi connectivity index (χ0v) is 16.3. The number of H-pyrrole nitrogens is 1. The van der Waals surface area contributed by atoms with Gasteiger partial charge in [0.05, 0.1) is 18.0 Å². The van der Waals surface area contributed by atoms with Crippen LogP contribution in [0.25, 0.3) is 11.3 Å². The summed E-state index contributed by atoms with van der Waals surface area (Å²) in [6.45, 7) is 0. The molecule has 1 aliphatic carbocycles. The molecule has 1 heterocycles. The molecule has 7 nitrogen and oxygen atoms in total. The van der Waals surface area contributed by atoms with E-state index in [0.717, 1.165) is 24.2 Å². The number of hydrogen-bond donors (Lipinski definition) is 2. The second-order valence-corrected chi connectivity index (χ2v) is 7.05. The van der Waals surface area contributed by atoms with Crippen molar-refractivity contribution in [3.8, 4) is 23.1 Å². The van der Waals surface area contributed by atoms with E-state index in [1.807, 2.05) is 48.5 Å². The SMILES string of the molecule is N#Cc1c(-c2ccccc2)nc(NN=Cc2ccccc2OC2CCCC2)[nH]c1=O. The number of hydrogen-bond acceptors (Lipinski definition) is 6. The molecule has 0 unspecified atom stereocenters. The van der Waals surface area contributed by atoms with Crippen molar-refractivity contribution in [1.82, 2.24) is 9.97 Å². The van der Waals surface area contributed by atoms with Crippen LogP contribution in [-0.2, 0) is 0 Å². The molecule has 4 rings (SSSR count). The summed E-state index contributed by atoms with van der Waals surface area (Å²) in [6, 6.07) is 18.7. The third-order valence-corrected chi connectivity index (χ3v) is 4.97. The fourth-order valence-electron chi connectivity index (χ4n) is 3.48. The summed E-state index contributed by atoms with van der Waals surface area (Å²) in [7, 11) is 0. The highest BCUT2D eigenvalue weighted by molar-refractivity contribution is 5.83. The molecule has 2 aromatic carbocycles. The molecule has 0 amide bonds. The van der Waals surface area contributed by atoms with Crippen LogP contribution < -0.4 is 15.7 Å². The highest BCUT2D eigenvalue weighted by atomic mass is 16.5. The molecule has 1 saturated carbocycles. The molecule has 0 bridgehead atoms. The van der Waals surface area contributed by atoms with Gasteiger partial charge in [-0.1, -0.05) is 42.5 Å². The molecule has 1 fully saturated rings. The number of para-hydroxylation sites is 1. The van der Waals surface area contributed by atoms with E-state index in [4.69, 9.17) is 4.74 Å². The number of anilines is 1. The van der Waals surface area contributed by atoms with Gasteiger partial charge in [0, 0.05) is 11.1 Å². The van der Waals surface area contributed by atoms with Gasteiger partial charge in [-0.05, 0) is 37.8 Å². The van der Waals surface area contributed by atoms with Gasteiger partial charge in [0.1, 0.15) is 17.4 Å². The Labute approximate surface area is 174 Å². The average Bonchev–Trinajstić information content (AvgIpc) is 3.28. The Morgan fingerprint density at radius 3 is 2.63 bits per heavy atom. The minimum absolute atomic E-state index is 0.0361. The van der Waals surface area contributed by atoms with Crippen molar-refractivity contribution < 1.29 is 4.74 Å². The van der Waals surface area contributed by atoms with Crippen LogP contribution in [0.2, 0.25) is 0 Å². The standard InChI is InChI=1S/C23H21N5O2/c24-14-19-21(16-8-2-1-3-9-16)26-23(27-22(19)29)28-25-15-17-10-4-7-13-20(17)30-18-11-5-6-12-18/h1-4,7-10,13,15,18H,5-6,11-12H2,(H2,26,27,28,29). The lowest BCUT2D eigenvalue weighted by Crippen LogP contribution is -2.16. The lowest BCUT2D eigenvalue weighted by molar-refractivity contribution is 0.210. The van der Waals surface area contributed by atoms with Crippen LogP contribution in [0, 0.1) is 11.3 Å². The maximum absolute atomic E-state index is 12.3. The van der Waals surface area contributed by atoms with Crippen molar-refractivity contribution in [2.75, 3.05) is 5.43 Å². The maximum Gasteiger partial charge on any atom is 0.270 e. The number of aromatic amines is 1. The van der Waals surface area contributed by atoms with Gasteiger partial charge < -0.3 is 4.74 Å². The molecule has 0 saturated heterocycles. The largest absolute Gasteiger partial charge is 0.490 e. The van der Waals surface area contributed by atoms with E-state index in [1.165, 1.54) is 12.8 Å². The first-order valence-electron chi connectivity index (χ1n) is 9.89. The summed E-state index contributed by atoms with van der Waals surface area (Å²) >= 11 is 0. The van der Waals surface area contributed by atoms with Gasteiger partial charge >= 0.3 is 0 Å². The molecule has 0 aliphatic heterocycles. The van der Waals surface area contributed by atoms with Crippen LogP contribution in [0.4, 0.5) is 5.95 Å². The second kappa shape index (κ2) is 9.05. The zero-order chi connectivity index (χ0) is 20.8. The number of nitrogens with one attached hydrogen (secondary N) is 2. The maximum atomic E-state index is 12.3. The van der Waals surface area contributed by atoms with Crippen molar-refractivity contribution in [3.63, 3.8) is 0 Å². The minimum Gasteiger partial charge on any atom is -0.490 e. The van der Waals surface area contributed by atoms with Crippen LogP contribution >= 0.6 is 0 Å². The summed E-state index contributed by atoms with van der Waals surface area (Å²) in [4.78, 5) is 19.2. The smallest absolute Gasteiger partial charge is 0.270 e. The van der Waals surface area contributed by atoms with E-state index in [2.05, 4.69) is 20.5 Å². The Bertz CT molecular complexity index is 1140. The molecular formula is C23H21N5O2. The number of rotatable bonds is 6. The number of ether oxygens (including phenoxy) is 1. The van der Waals surface area contributed by atoms with Crippen molar-refractivity contribution in [3.05, 3.63) is 76.1 Å². The van der Waals surface area contributed by atoms with Crippen molar-refractivity contribution >= 4 is 12.2 Å². The fourth-order valence-corrected chi connectivity index (χ4v) is 3.48. The van der Waals surface area contributed by atoms with Crippen LogP contribution in [-0.4, -0.2) is 22.3 Å². The fraction of sp³-hybridized carbons (Fsp3) is 0.217. The number of aromatic nitrogens is 2. The lowest BCUT2D eigenvalue weighted by atomic mass is 10.1. The van der Waals surface area contributed by atoms with Crippen molar-refractivity contribution in [2.24, 2.45) is 5.10 Å². The molecule has 7 heteroatoms. The Hall–Kier alpha value is -3.92. The number of nitrogens with zero attached hydrogens (tertiary/aromatic N) is 3. The Morgan fingerprint density at radius 1 is 1.13 bits per heavy atom. The minimum atomic E-state index is -0.519. The molecule has 0 spiro atoms. The summed E-state index contributed by atoms with van der Waals surface area (Å²) in [5.41, 5.74) is 4.02. The summed E-state index contributed by atoms with van der Waals surface area (Å²) in [6.07, 6.45) is 6.42. The Morgan fingerprint density at radius 2 is 1.87 bits per heavy atom. The lowest BCUT2D eigenvalue weighted by Gasteiger charge is -2.14. The van der Waals surface area contributed by atoms with Crippen LogP contribution in [0.15, 0.2) is 64.5 Å². The van der Waals surface area contributed by atoms with E-state index in [-0.39, 0.29) is 17.6 Å². The number of nitriles is 1. The van der Waals surface area contributed by atoms with Crippen molar-refractivity contribution in [1.29, 1.82) is 5.26 Å². The monoisotopic (exact) mass is 399 g/mol. The molecule has 3 aromatic rings. The van der Waals surface area contributed by atoms with Gasteiger partial charge in [0.25, 0.3) is 5.56 Å². The third-order valence-electron chi connectivity index (χ3n) is 4.97. The number of benzene rings is 2. The molecule has 2 N–H and O–H groups in total. The molecule has 1 aromatic heterocycles. The zero-order valence-electron chi connectivity index (χ0n) is 16.3. The third kappa shape index (κ3) is 4.39. The first-order chi connectivity index (χ1) is 14.7. The number of hydrazone groups is 1. The van der Waals surface area contributed by atoms with Crippen molar-refractivity contribution in [2.45, 2.75) is 31.8 Å². The molecule has 0 atom stereocenters. The highest BCUT2D eigenvalue weighted by Gasteiger charge is 2.17. The predicted molar refractivity (Wildman–Crippen MR) is 116 cm³/mol. The normalized spacial score (nSPS) is 14.0. The van der Waals surface area contributed by atoms with Crippen LogP contribution in [0.1, 0.15) is 36.8 Å². The van der Waals surface area contributed by atoms with Gasteiger partial charge in [0.15, 0.2) is 0 Å². The van der Waals surface area contributed by atoms with E-state index in [0.29, 0.717) is 11.3 Å². The molecule has 30 heavy (non-hydrogen) atoms. The van der Waals surface area contributed by atoms with Gasteiger partial charge in [0.2, 0.25) is 5.95 Å². The average molecular weight is 399 g/mol. The first-order valence-corrected chi connectivity index (χ1v) is 9.89. The molecule has 0 radical (unpaired) electrons. The Kier molecular flexibility index (Phi) is 5.85. The molecular weight excluding hydrogens is 378 g/mol. The predicted octanol–water partition coefficient (Wildman–Crippen LogP) is 4.08. The molecule has 1 aliphatic rings. The van der Waals surface area contributed by atoms with E-state index < -0.39 is 5.56 Å². The van der Waals surface area contributed by atoms with E-state index in [9.17, 15) is 10.1 Å². The molecule has 150 valence electrons. The van der Waals surface area contributed by atoms with E-state index >= 15 is 0 Å². The first kappa shape index (κ1) is 19.4. The second-order valence-electron chi connectivity index (χ2n) is 7.05. The highest BCUT2D eigenvalue weighted by Crippen LogP contribution is 2.26. The van der Waals surface area contributed by atoms with Crippen LogP contribution in [0.3, 0.4) is 0 Å².